The number of amides is 4. The Labute approximate surface area is 166 Å². The molecule has 1 aliphatic heterocycles. The maximum atomic E-state index is 13.1. The molecule has 1 aromatic carbocycles. The van der Waals surface area contributed by atoms with Gasteiger partial charge in [0, 0.05) is 20.2 Å². The Morgan fingerprint density at radius 2 is 2.04 bits per heavy atom. The van der Waals surface area contributed by atoms with Crippen LogP contribution in [0.5, 0.6) is 0 Å². The average molecular weight is 387 g/mol. The molecule has 0 radical (unpaired) electrons. The minimum absolute atomic E-state index is 0.0757. The number of urea groups is 1. The Bertz CT molecular complexity index is 724. The molecule has 7 nitrogen and oxygen atoms in total. The fraction of sp³-hybridized carbons (Fsp3) is 0.571. The molecule has 1 aliphatic carbocycles. The highest BCUT2D eigenvalue weighted by atomic mass is 16.5. The van der Waals surface area contributed by atoms with Gasteiger partial charge in [-0.05, 0) is 24.3 Å². The highest BCUT2D eigenvalue weighted by molar-refractivity contribution is 6.09. The molecule has 1 saturated carbocycles. The van der Waals surface area contributed by atoms with Crippen molar-refractivity contribution in [2.45, 2.75) is 44.7 Å². The highest BCUT2D eigenvalue weighted by Gasteiger charge is 2.55. The van der Waals surface area contributed by atoms with Crippen LogP contribution >= 0.6 is 0 Å². The van der Waals surface area contributed by atoms with Crippen LogP contribution in [-0.2, 0) is 20.9 Å². The topological polar surface area (TPSA) is 79.0 Å². The second kappa shape index (κ2) is 8.73. The van der Waals surface area contributed by atoms with E-state index in [0.717, 1.165) is 29.7 Å². The van der Waals surface area contributed by atoms with Gasteiger partial charge in [-0.1, -0.05) is 50.1 Å². The second-order valence-electron chi connectivity index (χ2n) is 7.73. The Hall–Kier alpha value is -2.41. The number of rotatable bonds is 7. The lowest BCUT2D eigenvalue weighted by molar-refractivity contribution is -0.141. The summed E-state index contributed by atoms with van der Waals surface area (Å²) >= 11 is 0. The Kier molecular flexibility index (Phi) is 6.34. The quantitative estimate of drug-likeness (QED) is 0.727. The van der Waals surface area contributed by atoms with Gasteiger partial charge in [0.05, 0.1) is 6.61 Å². The molecule has 1 N–H and O–H groups in total. The van der Waals surface area contributed by atoms with Crippen molar-refractivity contribution in [2.24, 2.45) is 5.92 Å². The largest absolute Gasteiger partial charge is 0.383 e. The van der Waals surface area contributed by atoms with Gasteiger partial charge in [0.1, 0.15) is 12.1 Å². The maximum Gasteiger partial charge on any atom is 0.325 e. The molecular weight excluding hydrogens is 358 g/mol. The third kappa shape index (κ3) is 4.04. The minimum Gasteiger partial charge on any atom is -0.383 e. The summed E-state index contributed by atoms with van der Waals surface area (Å²) in [5.74, 6) is -0.443. The van der Waals surface area contributed by atoms with Crippen LogP contribution in [0.4, 0.5) is 4.79 Å². The summed E-state index contributed by atoms with van der Waals surface area (Å²) in [6, 6.07) is 9.18. The number of carbonyl (C=O) groups is 3. The molecule has 2 atom stereocenters. The first-order valence-corrected chi connectivity index (χ1v) is 9.92. The van der Waals surface area contributed by atoms with Crippen molar-refractivity contribution in [3.63, 3.8) is 0 Å². The number of carbonyl (C=O) groups excluding carboxylic acids is 3. The summed E-state index contributed by atoms with van der Waals surface area (Å²) in [5, 5.41) is 2.90. The van der Waals surface area contributed by atoms with Gasteiger partial charge in [-0.25, -0.2) is 4.79 Å². The van der Waals surface area contributed by atoms with Crippen LogP contribution in [0.1, 0.15) is 38.2 Å². The molecule has 2 fully saturated rings. The van der Waals surface area contributed by atoms with Gasteiger partial charge in [-0.15, -0.1) is 0 Å². The first-order valence-electron chi connectivity index (χ1n) is 9.92. The number of hydrogen-bond donors (Lipinski definition) is 1. The van der Waals surface area contributed by atoms with E-state index in [1.807, 2.05) is 37.3 Å². The van der Waals surface area contributed by atoms with Crippen LogP contribution < -0.4 is 5.32 Å². The Morgan fingerprint density at radius 1 is 1.29 bits per heavy atom. The van der Waals surface area contributed by atoms with E-state index in [0.29, 0.717) is 26.1 Å². The van der Waals surface area contributed by atoms with Crippen molar-refractivity contribution in [1.82, 2.24) is 15.1 Å². The van der Waals surface area contributed by atoms with Crippen LogP contribution in [0.3, 0.4) is 0 Å². The summed E-state index contributed by atoms with van der Waals surface area (Å²) in [5.41, 5.74) is 0.147. The standard InChI is InChI=1S/C21H29N3O4/c1-16-8-6-7-11-21(16)19(26)24(20(27)22-21)15-18(25)23(12-13-28-2)14-17-9-4-3-5-10-17/h3-5,9-10,16H,6-8,11-15H2,1-2H3,(H,22,27)/t16-,21-/m0/s1. The first kappa shape index (κ1) is 20.3. The fourth-order valence-corrected chi connectivity index (χ4v) is 4.17. The van der Waals surface area contributed by atoms with Gasteiger partial charge >= 0.3 is 6.03 Å². The van der Waals surface area contributed by atoms with Gasteiger partial charge in [-0.2, -0.15) is 0 Å². The molecule has 0 unspecified atom stereocenters. The average Bonchev–Trinajstić information content (AvgIpc) is 2.93. The molecule has 4 amide bonds. The monoisotopic (exact) mass is 387 g/mol. The number of ether oxygens (including phenoxy) is 1. The van der Waals surface area contributed by atoms with E-state index >= 15 is 0 Å². The molecular formula is C21H29N3O4. The van der Waals surface area contributed by atoms with Crippen LogP contribution in [0.25, 0.3) is 0 Å². The molecule has 1 saturated heterocycles. The molecule has 2 aliphatic rings. The number of methoxy groups -OCH3 is 1. The molecule has 28 heavy (non-hydrogen) atoms. The van der Waals surface area contributed by atoms with E-state index in [4.69, 9.17) is 4.74 Å². The minimum atomic E-state index is -0.841. The number of hydrogen-bond acceptors (Lipinski definition) is 4. The lowest BCUT2D eigenvalue weighted by Crippen LogP contribution is -2.54. The van der Waals surface area contributed by atoms with Crippen LogP contribution in [-0.4, -0.2) is 60.0 Å². The van der Waals surface area contributed by atoms with Gasteiger partial charge in [0.2, 0.25) is 5.91 Å². The Morgan fingerprint density at radius 3 is 2.71 bits per heavy atom. The first-order chi connectivity index (χ1) is 13.5. The molecule has 1 aromatic rings. The summed E-state index contributed by atoms with van der Waals surface area (Å²) in [6.07, 6.45) is 3.52. The molecule has 152 valence electrons. The van der Waals surface area contributed by atoms with E-state index in [-0.39, 0.29) is 24.3 Å². The summed E-state index contributed by atoms with van der Waals surface area (Å²) in [6.45, 7) is 2.96. The van der Waals surface area contributed by atoms with Crippen molar-refractivity contribution in [3.8, 4) is 0 Å². The number of benzene rings is 1. The predicted molar refractivity (Wildman–Crippen MR) is 104 cm³/mol. The number of nitrogens with one attached hydrogen (secondary N) is 1. The SMILES string of the molecule is COCCN(Cc1ccccc1)C(=O)CN1C(=O)N[C@]2(CCCC[C@@H]2C)C1=O. The maximum absolute atomic E-state index is 13.1. The summed E-state index contributed by atoms with van der Waals surface area (Å²) in [4.78, 5) is 41.3. The smallest absolute Gasteiger partial charge is 0.325 e. The molecule has 3 rings (SSSR count). The van der Waals surface area contributed by atoms with E-state index < -0.39 is 11.6 Å². The number of imide groups is 1. The van der Waals surface area contributed by atoms with Crippen molar-refractivity contribution in [1.29, 1.82) is 0 Å². The van der Waals surface area contributed by atoms with Gasteiger partial charge in [0.25, 0.3) is 5.91 Å². The lowest BCUT2D eigenvalue weighted by Gasteiger charge is -2.36. The van der Waals surface area contributed by atoms with E-state index in [1.54, 1.807) is 12.0 Å². The van der Waals surface area contributed by atoms with Crippen molar-refractivity contribution < 1.29 is 19.1 Å². The van der Waals surface area contributed by atoms with Crippen molar-refractivity contribution in [3.05, 3.63) is 35.9 Å². The van der Waals surface area contributed by atoms with Crippen LogP contribution in [0, 0.1) is 5.92 Å². The summed E-state index contributed by atoms with van der Waals surface area (Å²) < 4.78 is 5.12. The van der Waals surface area contributed by atoms with E-state index in [1.165, 1.54) is 0 Å². The third-order valence-electron chi connectivity index (χ3n) is 5.93. The van der Waals surface area contributed by atoms with Crippen LogP contribution in [0.2, 0.25) is 0 Å². The molecule has 1 spiro atoms. The molecule has 7 heteroatoms. The normalized spacial score (nSPS) is 24.5. The zero-order valence-electron chi connectivity index (χ0n) is 16.6. The van der Waals surface area contributed by atoms with Gasteiger partial charge < -0.3 is 15.0 Å². The van der Waals surface area contributed by atoms with Crippen molar-refractivity contribution in [2.75, 3.05) is 26.8 Å². The van der Waals surface area contributed by atoms with Crippen LogP contribution in [0.15, 0.2) is 30.3 Å². The van der Waals surface area contributed by atoms with Gasteiger partial charge in [0.15, 0.2) is 0 Å². The number of nitrogens with zero attached hydrogens (tertiary/aromatic N) is 2. The Balaban J connectivity index is 1.71. The lowest BCUT2D eigenvalue weighted by atomic mass is 9.73. The molecule has 0 bridgehead atoms. The predicted octanol–water partition coefficient (Wildman–Crippen LogP) is 2.16. The second-order valence-corrected chi connectivity index (χ2v) is 7.73. The summed E-state index contributed by atoms with van der Waals surface area (Å²) in [7, 11) is 1.58. The fourth-order valence-electron chi connectivity index (χ4n) is 4.17. The zero-order chi connectivity index (χ0) is 20.1. The third-order valence-corrected chi connectivity index (χ3v) is 5.93. The molecule has 1 heterocycles. The highest BCUT2D eigenvalue weighted by Crippen LogP contribution is 2.38. The van der Waals surface area contributed by atoms with E-state index in [2.05, 4.69) is 5.32 Å². The molecule has 0 aromatic heterocycles. The van der Waals surface area contributed by atoms with Crippen molar-refractivity contribution >= 4 is 17.8 Å². The zero-order valence-corrected chi connectivity index (χ0v) is 16.6. The van der Waals surface area contributed by atoms with E-state index in [9.17, 15) is 14.4 Å². The van der Waals surface area contributed by atoms with Gasteiger partial charge in [-0.3, -0.25) is 14.5 Å².